The minimum absolute atomic E-state index is 0.170. The first-order valence-corrected chi connectivity index (χ1v) is 8.91. The zero-order valence-corrected chi connectivity index (χ0v) is 14.6. The lowest BCUT2D eigenvalue weighted by Gasteiger charge is -2.13. The molecule has 0 saturated carbocycles. The van der Waals surface area contributed by atoms with Crippen molar-refractivity contribution >= 4 is 17.9 Å². The van der Waals surface area contributed by atoms with Crippen LogP contribution in [-0.4, -0.2) is 23.3 Å². The van der Waals surface area contributed by atoms with Gasteiger partial charge in [-0.2, -0.15) is 0 Å². The van der Waals surface area contributed by atoms with Gasteiger partial charge in [0.2, 0.25) is 0 Å². The van der Waals surface area contributed by atoms with E-state index in [1.807, 2.05) is 0 Å². The summed E-state index contributed by atoms with van der Waals surface area (Å²) in [5, 5.41) is 0. The summed E-state index contributed by atoms with van der Waals surface area (Å²) >= 11 is 0. The summed E-state index contributed by atoms with van der Waals surface area (Å²) in [6, 6.07) is 15.5. The highest BCUT2D eigenvalue weighted by molar-refractivity contribution is 6.21. The number of nitrogens with zero attached hydrogens (tertiary/aromatic N) is 1. The lowest BCUT2D eigenvalue weighted by molar-refractivity contribution is 0.0652. The topological polar surface area (TPSA) is 37.4 Å². The fourth-order valence-corrected chi connectivity index (χ4v) is 3.12. The van der Waals surface area contributed by atoms with Gasteiger partial charge in [-0.1, -0.05) is 61.9 Å². The predicted molar refractivity (Wildman–Crippen MR) is 101 cm³/mol. The van der Waals surface area contributed by atoms with Crippen molar-refractivity contribution in [1.29, 1.82) is 0 Å². The third-order valence-electron chi connectivity index (χ3n) is 4.44. The molecular formula is C22H23NO2. The minimum Gasteiger partial charge on any atom is -0.274 e. The Bertz CT molecular complexity index is 772. The van der Waals surface area contributed by atoms with E-state index >= 15 is 0 Å². The lowest BCUT2D eigenvalue weighted by Crippen LogP contribution is -2.30. The molecular weight excluding hydrogens is 310 g/mol. The van der Waals surface area contributed by atoms with Crippen LogP contribution < -0.4 is 0 Å². The summed E-state index contributed by atoms with van der Waals surface area (Å²) < 4.78 is 0. The van der Waals surface area contributed by atoms with E-state index in [9.17, 15) is 9.59 Å². The molecule has 2 aromatic carbocycles. The van der Waals surface area contributed by atoms with Crippen LogP contribution in [0.15, 0.2) is 54.6 Å². The normalized spacial score (nSPS) is 13.7. The van der Waals surface area contributed by atoms with Crippen molar-refractivity contribution in [1.82, 2.24) is 4.90 Å². The van der Waals surface area contributed by atoms with Gasteiger partial charge in [0.25, 0.3) is 11.8 Å². The molecule has 1 heterocycles. The van der Waals surface area contributed by atoms with Crippen molar-refractivity contribution in [2.24, 2.45) is 0 Å². The van der Waals surface area contributed by atoms with Crippen LogP contribution in [-0.2, 0) is 6.42 Å². The second-order valence-corrected chi connectivity index (χ2v) is 6.35. The van der Waals surface area contributed by atoms with Gasteiger partial charge in [-0.15, -0.1) is 0 Å². The number of allylic oxidation sites excluding steroid dienone is 1. The van der Waals surface area contributed by atoms with Crippen LogP contribution in [0.3, 0.4) is 0 Å². The third kappa shape index (κ3) is 3.87. The summed E-state index contributed by atoms with van der Waals surface area (Å²) in [5.74, 6) is -0.339. The molecule has 0 atom stereocenters. The molecule has 0 N–H and O–H groups in total. The maximum Gasteiger partial charge on any atom is 0.261 e. The number of carbonyl (C=O) groups excluding carboxylic acids is 2. The van der Waals surface area contributed by atoms with Crippen LogP contribution in [0.2, 0.25) is 0 Å². The van der Waals surface area contributed by atoms with Crippen LogP contribution >= 0.6 is 0 Å². The van der Waals surface area contributed by atoms with E-state index in [0.29, 0.717) is 17.7 Å². The number of imide groups is 1. The van der Waals surface area contributed by atoms with E-state index in [-0.39, 0.29) is 11.8 Å². The van der Waals surface area contributed by atoms with E-state index in [2.05, 4.69) is 43.3 Å². The Morgan fingerprint density at radius 2 is 1.68 bits per heavy atom. The number of carbonyl (C=O) groups is 2. The molecule has 0 spiro atoms. The highest BCUT2D eigenvalue weighted by Crippen LogP contribution is 2.22. The van der Waals surface area contributed by atoms with E-state index in [0.717, 1.165) is 25.7 Å². The zero-order valence-electron chi connectivity index (χ0n) is 14.6. The van der Waals surface area contributed by atoms with Crippen molar-refractivity contribution in [2.45, 2.75) is 32.6 Å². The van der Waals surface area contributed by atoms with E-state index in [4.69, 9.17) is 0 Å². The summed E-state index contributed by atoms with van der Waals surface area (Å²) in [7, 11) is 0. The molecule has 2 amide bonds. The molecule has 1 aliphatic heterocycles. The first kappa shape index (κ1) is 17.2. The van der Waals surface area contributed by atoms with Gasteiger partial charge in [0.15, 0.2) is 0 Å². The molecule has 0 aliphatic carbocycles. The number of amides is 2. The Morgan fingerprint density at radius 1 is 0.960 bits per heavy atom. The van der Waals surface area contributed by atoms with Gasteiger partial charge in [0.1, 0.15) is 0 Å². The lowest BCUT2D eigenvalue weighted by atomic mass is 10.1. The quantitative estimate of drug-likeness (QED) is 0.687. The average molecular weight is 333 g/mol. The van der Waals surface area contributed by atoms with Crippen LogP contribution in [0.5, 0.6) is 0 Å². The number of aryl methyl sites for hydroxylation is 1. The van der Waals surface area contributed by atoms with Crippen LogP contribution in [0.25, 0.3) is 6.08 Å². The van der Waals surface area contributed by atoms with E-state index < -0.39 is 0 Å². The highest BCUT2D eigenvalue weighted by Gasteiger charge is 2.34. The van der Waals surface area contributed by atoms with Gasteiger partial charge in [-0.05, 0) is 42.5 Å². The van der Waals surface area contributed by atoms with Crippen LogP contribution in [0.1, 0.15) is 58.0 Å². The number of benzene rings is 2. The molecule has 0 saturated heterocycles. The third-order valence-corrected chi connectivity index (χ3v) is 4.44. The molecule has 2 aromatic rings. The smallest absolute Gasteiger partial charge is 0.261 e. The van der Waals surface area contributed by atoms with Gasteiger partial charge in [-0.25, -0.2) is 0 Å². The Hall–Kier alpha value is -2.68. The van der Waals surface area contributed by atoms with Gasteiger partial charge in [-0.3, -0.25) is 14.5 Å². The van der Waals surface area contributed by atoms with Crippen molar-refractivity contribution in [2.75, 3.05) is 6.54 Å². The standard InChI is InChI=1S/C22H23NO2/c1-2-3-4-9-17-10-7-11-18(16-17)12-8-15-23-21(24)19-13-5-6-14-20(19)22(23)25/h4-7,9-11,13-14,16H,2-3,8,12,15H2,1H3. The summed E-state index contributed by atoms with van der Waals surface area (Å²) in [4.78, 5) is 26.1. The monoisotopic (exact) mass is 333 g/mol. The molecule has 3 heteroatoms. The fraction of sp³-hybridized carbons (Fsp3) is 0.273. The largest absolute Gasteiger partial charge is 0.274 e. The number of rotatable bonds is 7. The molecule has 0 bridgehead atoms. The van der Waals surface area contributed by atoms with Crippen LogP contribution in [0, 0.1) is 0 Å². The summed E-state index contributed by atoms with van der Waals surface area (Å²) in [6.45, 7) is 2.63. The van der Waals surface area contributed by atoms with Crippen molar-refractivity contribution < 1.29 is 9.59 Å². The Kier molecular flexibility index (Phi) is 5.44. The molecule has 0 aromatic heterocycles. The van der Waals surface area contributed by atoms with Gasteiger partial charge in [0, 0.05) is 6.54 Å². The van der Waals surface area contributed by atoms with Crippen molar-refractivity contribution in [3.63, 3.8) is 0 Å². The molecule has 3 rings (SSSR count). The fourth-order valence-electron chi connectivity index (χ4n) is 3.12. The zero-order chi connectivity index (χ0) is 17.6. The van der Waals surface area contributed by atoms with Gasteiger partial charge < -0.3 is 0 Å². The maximum atomic E-state index is 12.3. The summed E-state index contributed by atoms with van der Waals surface area (Å²) in [6.07, 6.45) is 8.20. The number of hydrogen-bond acceptors (Lipinski definition) is 2. The second kappa shape index (κ2) is 7.93. The molecule has 3 nitrogen and oxygen atoms in total. The molecule has 0 radical (unpaired) electrons. The van der Waals surface area contributed by atoms with Crippen molar-refractivity contribution in [3.8, 4) is 0 Å². The van der Waals surface area contributed by atoms with Gasteiger partial charge in [0.05, 0.1) is 11.1 Å². The Balaban J connectivity index is 1.58. The van der Waals surface area contributed by atoms with E-state index in [1.54, 1.807) is 24.3 Å². The van der Waals surface area contributed by atoms with E-state index in [1.165, 1.54) is 16.0 Å². The second-order valence-electron chi connectivity index (χ2n) is 6.35. The molecule has 0 fully saturated rings. The first-order valence-electron chi connectivity index (χ1n) is 8.91. The minimum atomic E-state index is -0.170. The number of unbranched alkanes of at least 4 members (excludes halogenated alkanes) is 1. The first-order chi connectivity index (χ1) is 12.2. The number of fused-ring (bicyclic) bond motifs is 1. The predicted octanol–water partition coefficient (Wildman–Crippen LogP) is 4.73. The Labute approximate surface area is 149 Å². The molecule has 0 unspecified atom stereocenters. The molecule has 128 valence electrons. The number of hydrogen-bond donors (Lipinski definition) is 0. The van der Waals surface area contributed by atoms with Crippen LogP contribution in [0.4, 0.5) is 0 Å². The molecule has 25 heavy (non-hydrogen) atoms. The Morgan fingerprint density at radius 3 is 2.36 bits per heavy atom. The average Bonchev–Trinajstić information content (AvgIpc) is 2.88. The summed E-state index contributed by atoms with van der Waals surface area (Å²) in [5.41, 5.74) is 3.48. The van der Waals surface area contributed by atoms with Gasteiger partial charge >= 0.3 is 0 Å². The van der Waals surface area contributed by atoms with Crippen molar-refractivity contribution in [3.05, 3.63) is 76.9 Å². The SMILES string of the molecule is CCCC=Cc1cccc(CCCN2C(=O)c3ccccc3C2=O)c1. The highest BCUT2D eigenvalue weighted by atomic mass is 16.2. The maximum absolute atomic E-state index is 12.3. The molecule has 1 aliphatic rings.